The van der Waals surface area contributed by atoms with Gasteiger partial charge in [-0.05, 0) is 55.7 Å². The summed E-state index contributed by atoms with van der Waals surface area (Å²) < 4.78 is 5.33. The third kappa shape index (κ3) is 3.53. The highest BCUT2D eigenvalue weighted by atomic mass is 16.5. The van der Waals surface area contributed by atoms with E-state index in [9.17, 15) is 9.59 Å². The Labute approximate surface area is 146 Å². The smallest absolute Gasteiger partial charge is 0.338 e. The number of anilines is 1. The third-order valence-electron chi connectivity index (χ3n) is 4.26. The van der Waals surface area contributed by atoms with E-state index in [0.717, 1.165) is 24.1 Å². The second-order valence-corrected chi connectivity index (χ2v) is 5.96. The van der Waals surface area contributed by atoms with Gasteiger partial charge in [-0.2, -0.15) is 5.26 Å². The quantitative estimate of drug-likeness (QED) is 0.809. The van der Waals surface area contributed by atoms with Crippen LogP contribution in [0.5, 0.6) is 0 Å². The Kier molecular flexibility index (Phi) is 4.80. The number of amides is 1. The highest BCUT2D eigenvalue weighted by Crippen LogP contribution is 2.27. The molecule has 0 radical (unpaired) electrons. The van der Waals surface area contributed by atoms with Crippen LogP contribution in [0.25, 0.3) is 0 Å². The summed E-state index contributed by atoms with van der Waals surface area (Å²) in [6, 6.07) is 15.9. The number of aryl methyl sites for hydroxylation is 1. The van der Waals surface area contributed by atoms with Gasteiger partial charge in [0.15, 0.2) is 6.10 Å². The molecule has 1 heterocycles. The van der Waals surface area contributed by atoms with Gasteiger partial charge >= 0.3 is 5.97 Å². The van der Waals surface area contributed by atoms with E-state index >= 15 is 0 Å². The summed E-state index contributed by atoms with van der Waals surface area (Å²) in [5.41, 5.74) is 2.80. The van der Waals surface area contributed by atoms with E-state index in [1.165, 1.54) is 12.1 Å². The summed E-state index contributed by atoms with van der Waals surface area (Å²) in [4.78, 5) is 26.6. The highest BCUT2D eigenvalue weighted by Gasteiger charge is 2.28. The minimum atomic E-state index is -0.880. The average Bonchev–Trinajstić information content (AvgIpc) is 2.67. The van der Waals surface area contributed by atoms with Gasteiger partial charge in [0.05, 0.1) is 17.2 Å². The minimum absolute atomic E-state index is 0.228. The number of carbonyl (C=O) groups excluding carboxylic acids is 2. The van der Waals surface area contributed by atoms with Crippen molar-refractivity contribution in [3.05, 3.63) is 65.2 Å². The Balaban J connectivity index is 1.71. The average molecular weight is 334 g/mol. The zero-order valence-electron chi connectivity index (χ0n) is 13.9. The Hall–Kier alpha value is -3.13. The predicted octanol–water partition coefficient (Wildman–Crippen LogP) is 3.08. The number of nitriles is 1. The fourth-order valence-corrected chi connectivity index (χ4v) is 2.94. The molecule has 5 heteroatoms. The lowest BCUT2D eigenvalue weighted by Gasteiger charge is -2.31. The molecule has 0 saturated heterocycles. The van der Waals surface area contributed by atoms with E-state index in [1.54, 1.807) is 24.0 Å². The van der Waals surface area contributed by atoms with Crippen molar-refractivity contribution >= 4 is 17.6 Å². The van der Waals surface area contributed by atoms with Crippen LogP contribution in [-0.2, 0) is 16.0 Å². The van der Waals surface area contributed by atoms with E-state index < -0.39 is 12.1 Å². The molecule has 1 aliphatic rings. The number of para-hydroxylation sites is 1. The Morgan fingerprint density at radius 2 is 1.88 bits per heavy atom. The zero-order valence-corrected chi connectivity index (χ0v) is 13.9. The molecule has 5 nitrogen and oxygen atoms in total. The van der Waals surface area contributed by atoms with Gasteiger partial charge in [-0.1, -0.05) is 18.2 Å². The number of benzene rings is 2. The van der Waals surface area contributed by atoms with Crippen LogP contribution < -0.4 is 4.90 Å². The normalized spacial score (nSPS) is 14.2. The number of fused-ring (bicyclic) bond motifs is 1. The summed E-state index contributed by atoms with van der Waals surface area (Å²) in [7, 11) is 0. The van der Waals surface area contributed by atoms with Gasteiger partial charge in [-0.15, -0.1) is 0 Å². The monoisotopic (exact) mass is 334 g/mol. The van der Waals surface area contributed by atoms with E-state index in [-0.39, 0.29) is 5.91 Å². The molecule has 0 unspecified atom stereocenters. The fourth-order valence-electron chi connectivity index (χ4n) is 2.94. The van der Waals surface area contributed by atoms with Crippen LogP contribution in [0.1, 0.15) is 34.8 Å². The van der Waals surface area contributed by atoms with Gasteiger partial charge < -0.3 is 9.64 Å². The lowest BCUT2D eigenvalue weighted by Crippen LogP contribution is -2.42. The van der Waals surface area contributed by atoms with Gasteiger partial charge in [0.1, 0.15) is 0 Å². The first-order valence-electron chi connectivity index (χ1n) is 8.20. The highest BCUT2D eigenvalue weighted by molar-refractivity contribution is 5.99. The van der Waals surface area contributed by atoms with Gasteiger partial charge in [-0.3, -0.25) is 4.79 Å². The standard InChI is InChI=1S/C20H18N2O3/c1-14(25-20(24)17-10-8-15(13-21)9-11-17)19(23)22-12-4-6-16-5-2-3-7-18(16)22/h2-3,5,7-11,14H,4,6,12H2,1H3/t14-/m1/s1. The van der Waals surface area contributed by atoms with Crippen LogP contribution in [0.15, 0.2) is 48.5 Å². The fraction of sp³-hybridized carbons (Fsp3) is 0.250. The van der Waals surface area contributed by atoms with Gasteiger partial charge in [0.2, 0.25) is 0 Å². The molecular weight excluding hydrogens is 316 g/mol. The van der Waals surface area contributed by atoms with Crippen molar-refractivity contribution in [2.45, 2.75) is 25.9 Å². The van der Waals surface area contributed by atoms with Crippen molar-refractivity contribution in [2.75, 3.05) is 11.4 Å². The first kappa shape index (κ1) is 16.7. The van der Waals surface area contributed by atoms with Crippen LogP contribution >= 0.6 is 0 Å². The number of ether oxygens (including phenoxy) is 1. The van der Waals surface area contributed by atoms with Crippen molar-refractivity contribution in [1.29, 1.82) is 5.26 Å². The Morgan fingerprint density at radius 1 is 1.16 bits per heavy atom. The second-order valence-electron chi connectivity index (χ2n) is 5.96. The summed E-state index contributed by atoms with van der Waals surface area (Å²) in [6.07, 6.45) is 0.951. The zero-order chi connectivity index (χ0) is 17.8. The number of nitrogens with zero attached hydrogens (tertiary/aromatic N) is 2. The molecule has 25 heavy (non-hydrogen) atoms. The van der Waals surface area contributed by atoms with Crippen LogP contribution in [0.2, 0.25) is 0 Å². The molecule has 2 aromatic carbocycles. The van der Waals surface area contributed by atoms with Gasteiger partial charge in [-0.25, -0.2) is 4.79 Å². The van der Waals surface area contributed by atoms with E-state index in [0.29, 0.717) is 17.7 Å². The predicted molar refractivity (Wildman–Crippen MR) is 93.2 cm³/mol. The van der Waals surface area contributed by atoms with E-state index in [2.05, 4.69) is 0 Å². The summed E-state index contributed by atoms with van der Waals surface area (Å²) >= 11 is 0. The largest absolute Gasteiger partial charge is 0.449 e. The number of hydrogen-bond donors (Lipinski definition) is 0. The van der Waals surface area contributed by atoms with Crippen molar-refractivity contribution in [3.8, 4) is 6.07 Å². The topological polar surface area (TPSA) is 70.4 Å². The molecule has 2 aromatic rings. The van der Waals surface area contributed by atoms with Crippen molar-refractivity contribution in [3.63, 3.8) is 0 Å². The molecular formula is C20H18N2O3. The van der Waals surface area contributed by atoms with Crippen LogP contribution in [0, 0.1) is 11.3 Å². The molecule has 0 aliphatic carbocycles. The summed E-state index contributed by atoms with van der Waals surface area (Å²) in [6.45, 7) is 2.20. The minimum Gasteiger partial charge on any atom is -0.449 e. The summed E-state index contributed by atoms with van der Waals surface area (Å²) in [5, 5.41) is 8.79. The van der Waals surface area contributed by atoms with Crippen molar-refractivity contribution in [2.24, 2.45) is 0 Å². The number of rotatable bonds is 3. The van der Waals surface area contributed by atoms with E-state index in [1.807, 2.05) is 30.3 Å². The molecule has 0 aromatic heterocycles. The molecule has 0 spiro atoms. The molecule has 3 rings (SSSR count). The SMILES string of the molecule is C[C@@H](OC(=O)c1ccc(C#N)cc1)C(=O)N1CCCc2ccccc21. The molecule has 126 valence electrons. The second kappa shape index (κ2) is 7.18. The summed E-state index contributed by atoms with van der Waals surface area (Å²) in [5.74, 6) is -0.801. The maximum Gasteiger partial charge on any atom is 0.338 e. The molecule has 1 atom stereocenters. The number of esters is 1. The lowest BCUT2D eigenvalue weighted by atomic mass is 10.0. The van der Waals surface area contributed by atoms with Crippen molar-refractivity contribution < 1.29 is 14.3 Å². The number of hydrogen-bond acceptors (Lipinski definition) is 4. The molecule has 0 fully saturated rings. The molecule has 0 bridgehead atoms. The van der Waals surface area contributed by atoms with Crippen LogP contribution in [-0.4, -0.2) is 24.5 Å². The van der Waals surface area contributed by atoms with Crippen molar-refractivity contribution in [1.82, 2.24) is 0 Å². The lowest BCUT2D eigenvalue weighted by molar-refractivity contribution is -0.126. The molecule has 0 N–H and O–H groups in total. The molecule has 1 amide bonds. The van der Waals surface area contributed by atoms with Gasteiger partial charge in [0, 0.05) is 12.2 Å². The maximum absolute atomic E-state index is 12.7. The number of carbonyl (C=O) groups is 2. The first-order valence-corrected chi connectivity index (χ1v) is 8.20. The Morgan fingerprint density at radius 3 is 2.60 bits per heavy atom. The molecule has 1 aliphatic heterocycles. The Bertz CT molecular complexity index is 837. The van der Waals surface area contributed by atoms with Gasteiger partial charge in [0.25, 0.3) is 5.91 Å². The molecule has 0 saturated carbocycles. The van der Waals surface area contributed by atoms with E-state index in [4.69, 9.17) is 10.00 Å². The third-order valence-corrected chi connectivity index (χ3v) is 4.26. The van der Waals surface area contributed by atoms with Crippen LogP contribution in [0.4, 0.5) is 5.69 Å². The first-order chi connectivity index (χ1) is 12.1. The van der Waals surface area contributed by atoms with Crippen LogP contribution in [0.3, 0.4) is 0 Å². The maximum atomic E-state index is 12.7.